The van der Waals surface area contributed by atoms with E-state index in [2.05, 4.69) is 11.3 Å². The van der Waals surface area contributed by atoms with Gasteiger partial charge in [0.05, 0.1) is 0 Å². The minimum atomic E-state index is -3.76. The number of rotatable bonds is 5. The summed E-state index contributed by atoms with van der Waals surface area (Å²) in [6.45, 7) is 3.53. The predicted octanol–water partition coefficient (Wildman–Crippen LogP) is -0.997. The van der Waals surface area contributed by atoms with E-state index in [0.29, 0.717) is 6.42 Å². The molecule has 90 valence electrons. The maximum Gasteiger partial charge on any atom is 0.301 e. The van der Waals surface area contributed by atoms with Crippen molar-refractivity contribution >= 4 is 16.1 Å². The Bertz CT molecular complexity index is 429. The highest BCUT2D eigenvalue weighted by Crippen LogP contribution is 2.41. The van der Waals surface area contributed by atoms with Gasteiger partial charge in [0.1, 0.15) is 5.54 Å². The molecule has 16 heavy (non-hydrogen) atoms. The number of carbonyl (C=O) groups is 1. The molecule has 2 aliphatic rings. The minimum absolute atomic E-state index is 0.0339. The molecule has 2 rings (SSSR count). The molecule has 2 fully saturated rings. The van der Waals surface area contributed by atoms with E-state index in [1.807, 2.05) is 4.72 Å². The van der Waals surface area contributed by atoms with Crippen LogP contribution in [-0.2, 0) is 15.0 Å². The smallest absolute Gasteiger partial charge is 0.301 e. The number of carbonyl (C=O) groups excluding carboxylic acids is 1. The molecule has 2 atom stereocenters. The van der Waals surface area contributed by atoms with Crippen LogP contribution in [0.5, 0.6) is 0 Å². The zero-order valence-electron chi connectivity index (χ0n) is 8.77. The monoisotopic (exact) mass is 245 g/mol. The van der Waals surface area contributed by atoms with E-state index < -0.39 is 21.7 Å². The summed E-state index contributed by atoms with van der Waals surface area (Å²) in [4.78, 5) is 11.6. The molecule has 0 bridgehead atoms. The molecule has 0 aromatic heterocycles. The highest BCUT2D eigenvalue weighted by Gasteiger charge is 2.56. The van der Waals surface area contributed by atoms with Crippen LogP contribution in [0.1, 0.15) is 19.3 Å². The van der Waals surface area contributed by atoms with Gasteiger partial charge >= 0.3 is 10.2 Å². The fraction of sp³-hybridized carbons (Fsp3) is 0.667. The third kappa shape index (κ3) is 2.26. The van der Waals surface area contributed by atoms with Crippen LogP contribution in [0, 0.1) is 5.92 Å². The van der Waals surface area contributed by atoms with Crippen molar-refractivity contribution < 1.29 is 13.2 Å². The van der Waals surface area contributed by atoms with Crippen LogP contribution in [0.2, 0.25) is 0 Å². The van der Waals surface area contributed by atoms with Crippen LogP contribution < -0.4 is 15.2 Å². The van der Waals surface area contributed by atoms with Gasteiger partial charge in [-0.3, -0.25) is 4.79 Å². The van der Waals surface area contributed by atoms with Crippen molar-refractivity contribution in [3.63, 3.8) is 0 Å². The molecular formula is C9H15N3O3S. The Hall–Kier alpha value is -0.920. The molecule has 4 N–H and O–H groups in total. The summed E-state index contributed by atoms with van der Waals surface area (Å²) < 4.78 is 27.2. The summed E-state index contributed by atoms with van der Waals surface area (Å²) in [5.41, 5.74) is 4.63. The molecule has 2 saturated carbocycles. The van der Waals surface area contributed by atoms with Crippen molar-refractivity contribution in [2.45, 2.75) is 30.8 Å². The third-order valence-corrected chi connectivity index (χ3v) is 3.99. The van der Waals surface area contributed by atoms with Gasteiger partial charge in [0.2, 0.25) is 0 Å². The summed E-state index contributed by atoms with van der Waals surface area (Å²) in [7, 11) is -3.76. The molecular weight excluding hydrogens is 230 g/mol. The van der Waals surface area contributed by atoms with Gasteiger partial charge in [0.25, 0.3) is 5.91 Å². The van der Waals surface area contributed by atoms with Crippen molar-refractivity contribution in [3.8, 4) is 0 Å². The molecule has 0 saturated heterocycles. The van der Waals surface area contributed by atoms with Gasteiger partial charge in [0.15, 0.2) is 0 Å². The highest BCUT2D eigenvalue weighted by atomic mass is 32.2. The lowest BCUT2D eigenvalue weighted by molar-refractivity contribution is -0.121. The second-order valence-electron chi connectivity index (χ2n) is 4.41. The second kappa shape index (κ2) is 3.54. The fourth-order valence-electron chi connectivity index (χ4n) is 1.53. The van der Waals surface area contributed by atoms with E-state index in [1.54, 1.807) is 6.08 Å². The maximum absolute atomic E-state index is 11.6. The van der Waals surface area contributed by atoms with Crippen LogP contribution in [0.25, 0.3) is 0 Å². The quantitative estimate of drug-likeness (QED) is 0.541. The van der Waals surface area contributed by atoms with Crippen LogP contribution in [-0.4, -0.2) is 25.9 Å². The van der Waals surface area contributed by atoms with Crippen LogP contribution >= 0.6 is 0 Å². The number of nitrogens with one attached hydrogen (secondary N) is 2. The Morgan fingerprint density at radius 1 is 1.50 bits per heavy atom. The molecule has 2 aliphatic carbocycles. The Morgan fingerprint density at radius 3 is 2.56 bits per heavy atom. The van der Waals surface area contributed by atoms with Crippen molar-refractivity contribution in [3.05, 3.63) is 12.7 Å². The largest absolute Gasteiger partial charge is 0.317 e. The van der Waals surface area contributed by atoms with E-state index in [0.717, 1.165) is 12.8 Å². The Kier molecular flexibility index (Phi) is 2.56. The first-order valence-corrected chi connectivity index (χ1v) is 6.61. The lowest BCUT2D eigenvalue weighted by atomic mass is 10.2. The lowest BCUT2D eigenvalue weighted by Crippen LogP contribution is -2.50. The van der Waals surface area contributed by atoms with Gasteiger partial charge in [-0.1, -0.05) is 6.08 Å². The van der Waals surface area contributed by atoms with Crippen molar-refractivity contribution in [2.24, 2.45) is 11.7 Å². The standard InChI is InChI=1S/C9H15N3O3S/c1-2-6-5-9(6,10)8(13)12-16(14,15)11-7-3-4-7/h2,6-7,11H,1,3-5,10H2,(H,12,13)/t6-,9-/m1/s1. The van der Waals surface area contributed by atoms with Gasteiger partial charge in [-0.2, -0.15) is 13.1 Å². The summed E-state index contributed by atoms with van der Waals surface area (Å²) in [5, 5.41) is 0. The van der Waals surface area contributed by atoms with Crippen LogP contribution in [0.4, 0.5) is 0 Å². The molecule has 0 aliphatic heterocycles. The zero-order valence-corrected chi connectivity index (χ0v) is 9.59. The number of hydrogen-bond acceptors (Lipinski definition) is 4. The average molecular weight is 245 g/mol. The molecule has 0 spiro atoms. The molecule has 7 heteroatoms. The lowest BCUT2D eigenvalue weighted by Gasteiger charge is -2.12. The average Bonchev–Trinajstić information content (AvgIpc) is 3.03. The van der Waals surface area contributed by atoms with Gasteiger partial charge < -0.3 is 5.73 Å². The zero-order chi connectivity index (χ0) is 12.0. The first-order chi connectivity index (χ1) is 7.37. The molecule has 0 aromatic carbocycles. The van der Waals surface area contributed by atoms with E-state index >= 15 is 0 Å². The number of amides is 1. The van der Waals surface area contributed by atoms with Crippen molar-refractivity contribution in [1.29, 1.82) is 0 Å². The fourth-order valence-corrected chi connectivity index (χ4v) is 2.69. The molecule has 0 heterocycles. The van der Waals surface area contributed by atoms with E-state index in [9.17, 15) is 13.2 Å². The van der Waals surface area contributed by atoms with Gasteiger partial charge in [-0.15, -0.1) is 6.58 Å². The molecule has 0 aromatic rings. The first kappa shape index (κ1) is 11.6. The minimum Gasteiger partial charge on any atom is -0.317 e. The Labute approximate surface area is 94.5 Å². The van der Waals surface area contributed by atoms with Crippen molar-refractivity contribution in [1.82, 2.24) is 9.44 Å². The summed E-state index contributed by atoms with van der Waals surface area (Å²) in [6, 6.07) is -0.0339. The van der Waals surface area contributed by atoms with E-state index in [-0.39, 0.29) is 12.0 Å². The van der Waals surface area contributed by atoms with E-state index in [1.165, 1.54) is 0 Å². The SMILES string of the molecule is C=C[C@@H]1C[C@]1(N)C(=O)NS(=O)(=O)NC1CC1. The van der Waals surface area contributed by atoms with Crippen LogP contribution in [0.15, 0.2) is 12.7 Å². The summed E-state index contributed by atoms with van der Waals surface area (Å²) >= 11 is 0. The maximum atomic E-state index is 11.6. The van der Waals surface area contributed by atoms with Crippen LogP contribution in [0.3, 0.4) is 0 Å². The highest BCUT2D eigenvalue weighted by molar-refractivity contribution is 7.88. The second-order valence-corrected chi connectivity index (χ2v) is 5.86. The number of hydrogen-bond donors (Lipinski definition) is 3. The predicted molar refractivity (Wildman–Crippen MR) is 58.4 cm³/mol. The normalized spacial score (nSPS) is 33.2. The third-order valence-electron chi connectivity index (χ3n) is 2.89. The number of nitrogens with two attached hydrogens (primary N) is 1. The summed E-state index contributed by atoms with van der Waals surface area (Å²) in [5.74, 6) is -0.797. The van der Waals surface area contributed by atoms with Gasteiger partial charge in [-0.05, 0) is 19.3 Å². The molecule has 1 amide bonds. The topological polar surface area (TPSA) is 101 Å². The van der Waals surface area contributed by atoms with Crippen molar-refractivity contribution in [2.75, 3.05) is 0 Å². The Morgan fingerprint density at radius 2 is 2.12 bits per heavy atom. The molecule has 0 unspecified atom stereocenters. The Balaban J connectivity index is 1.94. The van der Waals surface area contributed by atoms with Gasteiger partial charge in [0, 0.05) is 12.0 Å². The van der Waals surface area contributed by atoms with E-state index in [4.69, 9.17) is 5.73 Å². The summed E-state index contributed by atoms with van der Waals surface area (Å²) in [6.07, 6.45) is 3.65. The molecule has 6 nitrogen and oxygen atoms in total. The van der Waals surface area contributed by atoms with Gasteiger partial charge in [-0.25, -0.2) is 4.72 Å². The molecule has 0 radical (unpaired) electrons. The first-order valence-electron chi connectivity index (χ1n) is 5.13.